The van der Waals surface area contributed by atoms with Gasteiger partial charge in [-0.3, -0.25) is 4.79 Å². The smallest absolute Gasteiger partial charge is 0.306 e. The van der Waals surface area contributed by atoms with Crippen LogP contribution in [0.5, 0.6) is 0 Å². The van der Waals surface area contributed by atoms with Crippen molar-refractivity contribution >= 4 is 5.97 Å². The number of hydrogen-bond donors (Lipinski definition) is 0. The first kappa shape index (κ1) is 15.7. The van der Waals surface area contributed by atoms with Crippen LogP contribution in [0.15, 0.2) is 30.3 Å². The first-order valence-corrected chi connectivity index (χ1v) is 7.52. The van der Waals surface area contributed by atoms with Gasteiger partial charge in [0, 0.05) is 6.42 Å². The lowest BCUT2D eigenvalue weighted by molar-refractivity contribution is -0.150. The second kappa shape index (κ2) is 9.60. The molecule has 106 valence electrons. The molecule has 0 fully saturated rings. The lowest BCUT2D eigenvalue weighted by Gasteiger charge is -2.18. The molecule has 0 aromatic heterocycles. The molecule has 0 radical (unpaired) electrons. The maximum absolute atomic E-state index is 11.8. The van der Waals surface area contributed by atoms with E-state index in [0.717, 1.165) is 31.2 Å². The molecule has 1 rings (SSSR count). The van der Waals surface area contributed by atoms with Crippen LogP contribution in [0.3, 0.4) is 0 Å². The van der Waals surface area contributed by atoms with Crippen LogP contribution in [0, 0.1) is 0 Å². The Bertz CT molecular complexity index is 346. The minimum Gasteiger partial charge on any atom is -0.457 e. The Hall–Kier alpha value is -1.31. The molecule has 1 aromatic rings. The summed E-state index contributed by atoms with van der Waals surface area (Å²) >= 11 is 0. The Morgan fingerprint density at radius 2 is 1.74 bits per heavy atom. The summed E-state index contributed by atoms with van der Waals surface area (Å²) in [6.45, 7) is 4.27. The third-order valence-corrected chi connectivity index (χ3v) is 3.25. The van der Waals surface area contributed by atoms with Gasteiger partial charge in [-0.05, 0) is 24.8 Å². The highest BCUT2D eigenvalue weighted by molar-refractivity contribution is 5.69. The molecule has 0 saturated heterocycles. The average molecular weight is 262 g/mol. The predicted molar refractivity (Wildman–Crippen MR) is 78.9 cm³/mol. The van der Waals surface area contributed by atoms with E-state index in [1.807, 2.05) is 30.3 Å². The summed E-state index contributed by atoms with van der Waals surface area (Å²) in [6.07, 6.45) is 6.81. The van der Waals surface area contributed by atoms with Gasteiger partial charge in [0.1, 0.15) is 6.10 Å². The first-order chi connectivity index (χ1) is 9.27. The molecule has 0 spiro atoms. The molecule has 0 saturated carbocycles. The highest BCUT2D eigenvalue weighted by atomic mass is 16.5. The fraction of sp³-hybridized carbons (Fsp3) is 0.588. The maximum atomic E-state index is 11.8. The number of esters is 1. The van der Waals surface area contributed by atoms with Crippen LogP contribution in [0.25, 0.3) is 0 Å². The Morgan fingerprint density at radius 1 is 1.05 bits per heavy atom. The predicted octanol–water partition coefficient (Wildman–Crippen LogP) is 5.04. The Labute approximate surface area is 117 Å². The molecule has 0 aliphatic rings. The summed E-state index contributed by atoms with van der Waals surface area (Å²) in [5.74, 6) is -0.0628. The topological polar surface area (TPSA) is 26.3 Å². The van der Waals surface area contributed by atoms with Crippen molar-refractivity contribution in [2.24, 2.45) is 0 Å². The Balaban J connectivity index is 2.56. The molecule has 1 aromatic carbocycles. The van der Waals surface area contributed by atoms with Gasteiger partial charge in [-0.1, -0.05) is 63.4 Å². The summed E-state index contributed by atoms with van der Waals surface area (Å²) in [5, 5.41) is 0. The molecule has 0 heterocycles. The second-order valence-corrected chi connectivity index (χ2v) is 4.99. The van der Waals surface area contributed by atoms with E-state index in [1.165, 1.54) is 12.8 Å². The molecule has 19 heavy (non-hydrogen) atoms. The van der Waals surface area contributed by atoms with Crippen LogP contribution < -0.4 is 0 Å². The van der Waals surface area contributed by atoms with Crippen LogP contribution in [0.1, 0.15) is 70.5 Å². The monoisotopic (exact) mass is 262 g/mol. The number of hydrogen-bond acceptors (Lipinski definition) is 2. The molecule has 1 unspecified atom stereocenters. The van der Waals surface area contributed by atoms with Crippen molar-refractivity contribution in [3.63, 3.8) is 0 Å². The molecule has 2 heteroatoms. The van der Waals surface area contributed by atoms with Crippen molar-refractivity contribution in [1.29, 1.82) is 0 Å². The number of ether oxygens (including phenoxy) is 1. The SMILES string of the molecule is CCCCCC(OC(=O)CCCC)c1ccccc1. The first-order valence-electron chi connectivity index (χ1n) is 7.52. The lowest BCUT2D eigenvalue weighted by atomic mass is 10.0. The fourth-order valence-electron chi connectivity index (χ4n) is 2.08. The van der Waals surface area contributed by atoms with E-state index >= 15 is 0 Å². The van der Waals surface area contributed by atoms with E-state index in [4.69, 9.17) is 4.74 Å². The van der Waals surface area contributed by atoms with Gasteiger partial charge in [-0.25, -0.2) is 0 Å². The van der Waals surface area contributed by atoms with Crippen LogP contribution in [0.4, 0.5) is 0 Å². The van der Waals surface area contributed by atoms with E-state index in [2.05, 4.69) is 13.8 Å². The van der Waals surface area contributed by atoms with E-state index in [-0.39, 0.29) is 12.1 Å². The zero-order chi connectivity index (χ0) is 13.9. The van der Waals surface area contributed by atoms with Crippen molar-refractivity contribution in [2.75, 3.05) is 0 Å². The van der Waals surface area contributed by atoms with Gasteiger partial charge in [-0.2, -0.15) is 0 Å². The Kier molecular flexibility index (Phi) is 7.95. The minimum absolute atomic E-state index is 0.0628. The lowest BCUT2D eigenvalue weighted by Crippen LogP contribution is -2.11. The number of unbranched alkanes of at least 4 members (excludes halogenated alkanes) is 3. The highest BCUT2D eigenvalue weighted by Gasteiger charge is 2.15. The van der Waals surface area contributed by atoms with Crippen molar-refractivity contribution in [3.05, 3.63) is 35.9 Å². The standard InChI is InChI=1S/C17H26O2/c1-3-5-8-13-16(15-11-9-7-10-12-15)19-17(18)14-6-4-2/h7,9-12,16H,3-6,8,13-14H2,1-2H3. The average Bonchev–Trinajstić information content (AvgIpc) is 2.45. The minimum atomic E-state index is -0.0721. The van der Waals surface area contributed by atoms with Crippen molar-refractivity contribution in [3.8, 4) is 0 Å². The zero-order valence-corrected chi connectivity index (χ0v) is 12.2. The summed E-state index contributed by atoms with van der Waals surface area (Å²) in [4.78, 5) is 11.8. The maximum Gasteiger partial charge on any atom is 0.306 e. The van der Waals surface area contributed by atoms with Crippen molar-refractivity contribution in [1.82, 2.24) is 0 Å². The van der Waals surface area contributed by atoms with Gasteiger partial charge < -0.3 is 4.74 Å². The molecule has 0 N–H and O–H groups in total. The van der Waals surface area contributed by atoms with E-state index < -0.39 is 0 Å². The second-order valence-electron chi connectivity index (χ2n) is 4.99. The molecule has 0 aliphatic carbocycles. The van der Waals surface area contributed by atoms with Gasteiger partial charge in [0.2, 0.25) is 0 Å². The van der Waals surface area contributed by atoms with Crippen LogP contribution in [-0.4, -0.2) is 5.97 Å². The van der Waals surface area contributed by atoms with Gasteiger partial charge in [0.15, 0.2) is 0 Å². The molecular weight excluding hydrogens is 236 g/mol. The van der Waals surface area contributed by atoms with Gasteiger partial charge in [-0.15, -0.1) is 0 Å². The number of rotatable bonds is 9. The summed E-state index contributed by atoms with van der Waals surface area (Å²) in [7, 11) is 0. The third kappa shape index (κ3) is 6.42. The van der Waals surface area contributed by atoms with Crippen LogP contribution >= 0.6 is 0 Å². The molecule has 1 atom stereocenters. The summed E-state index contributed by atoms with van der Waals surface area (Å²) in [5.41, 5.74) is 1.11. The fourth-order valence-corrected chi connectivity index (χ4v) is 2.08. The highest BCUT2D eigenvalue weighted by Crippen LogP contribution is 2.24. The van der Waals surface area contributed by atoms with E-state index in [0.29, 0.717) is 6.42 Å². The normalized spacial score (nSPS) is 12.1. The zero-order valence-electron chi connectivity index (χ0n) is 12.2. The van der Waals surface area contributed by atoms with Crippen molar-refractivity contribution < 1.29 is 9.53 Å². The molecule has 0 amide bonds. The summed E-state index contributed by atoms with van der Waals surface area (Å²) in [6, 6.07) is 10.1. The molecule has 2 nitrogen and oxygen atoms in total. The quantitative estimate of drug-likeness (QED) is 0.460. The summed E-state index contributed by atoms with van der Waals surface area (Å²) < 4.78 is 5.65. The number of benzene rings is 1. The molecule has 0 aliphatic heterocycles. The van der Waals surface area contributed by atoms with E-state index in [1.54, 1.807) is 0 Å². The van der Waals surface area contributed by atoms with Crippen molar-refractivity contribution in [2.45, 2.75) is 64.9 Å². The Morgan fingerprint density at radius 3 is 2.37 bits per heavy atom. The largest absolute Gasteiger partial charge is 0.457 e. The molecule has 0 bridgehead atoms. The van der Waals surface area contributed by atoms with Crippen LogP contribution in [0.2, 0.25) is 0 Å². The van der Waals surface area contributed by atoms with Gasteiger partial charge in [0.05, 0.1) is 0 Å². The third-order valence-electron chi connectivity index (χ3n) is 3.25. The van der Waals surface area contributed by atoms with Gasteiger partial charge >= 0.3 is 5.97 Å². The number of carbonyl (C=O) groups is 1. The number of carbonyl (C=O) groups excluding carboxylic acids is 1. The van der Waals surface area contributed by atoms with Crippen LogP contribution in [-0.2, 0) is 9.53 Å². The molecular formula is C17H26O2. The van der Waals surface area contributed by atoms with Gasteiger partial charge in [0.25, 0.3) is 0 Å². The van der Waals surface area contributed by atoms with E-state index in [9.17, 15) is 4.79 Å².